The minimum absolute atomic E-state index is 0.0992. The lowest BCUT2D eigenvalue weighted by atomic mass is 10.1. The number of benzene rings is 2. The summed E-state index contributed by atoms with van der Waals surface area (Å²) in [5.74, 6) is 0.432. The van der Waals surface area contributed by atoms with Crippen molar-refractivity contribution in [1.29, 1.82) is 0 Å². The van der Waals surface area contributed by atoms with Gasteiger partial charge in [0, 0.05) is 11.4 Å². The summed E-state index contributed by atoms with van der Waals surface area (Å²) in [6.07, 6.45) is 0. The molecule has 0 aliphatic carbocycles. The molecule has 1 fully saturated rings. The Morgan fingerprint density at radius 2 is 1.96 bits per heavy atom. The van der Waals surface area contributed by atoms with Crippen molar-refractivity contribution in [2.75, 3.05) is 16.0 Å². The SMILES string of the molecule is Cc1cccc(N2C(=O)CS[C@@H]2c2cccc(NC(=O)c3cccs3)c2)c1. The van der Waals surface area contributed by atoms with Crippen LogP contribution in [0.5, 0.6) is 0 Å². The van der Waals surface area contributed by atoms with Crippen LogP contribution < -0.4 is 10.2 Å². The molecular formula is C21H18N2O2S2. The second kappa shape index (κ2) is 7.58. The third kappa shape index (κ3) is 3.77. The highest BCUT2D eigenvalue weighted by molar-refractivity contribution is 8.00. The normalized spacial score (nSPS) is 16.6. The van der Waals surface area contributed by atoms with Crippen molar-refractivity contribution in [1.82, 2.24) is 0 Å². The summed E-state index contributed by atoms with van der Waals surface area (Å²) in [6.45, 7) is 2.02. The number of aryl methyl sites for hydroxylation is 1. The molecule has 136 valence electrons. The standard InChI is InChI=1S/C21H18N2O2S2/c1-14-5-2-8-17(11-14)23-19(24)13-27-21(23)15-6-3-7-16(12-15)22-20(25)18-9-4-10-26-18/h2-12,21H,13H2,1H3,(H,22,25)/t21-/m1/s1. The fourth-order valence-corrected chi connectivity index (χ4v) is 4.88. The summed E-state index contributed by atoms with van der Waals surface area (Å²) in [5, 5.41) is 4.72. The highest BCUT2D eigenvalue weighted by Crippen LogP contribution is 2.42. The average molecular weight is 395 g/mol. The monoisotopic (exact) mass is 394 g/mol. The van der Waals surface area contributed by atoms with E-state index in [0.717, 1.165) is 22.5 Å². The van der Waals surface area contributed by atoms with Gasteiger partial charge in [-0.15, -0.1) is 23.1 Å². The minimum Gasteiger partial charge on any atom is -0.321 e. The highest BCUT2D eigenvalue weighted by Gasteiger charge is 2.34. The van der Waals surface area contributed by atoms with Gasteiger partial charge < -0.3 is 5.32 Å². The number of nitrogens with one attached hydrogen (secondary N) is 1. The van der Waals surface area contributed by atoms with E-state index in [9.17, 15) is 9.59 Å². The molecule has 0 bridgehead atoms. The van der Waals surface area contributed by atoms with Crippen LogP contribution in [0.25, 0.3) is 0 Å². The predicted molar refractivity (Wildman–Crippen MR) is 113 cm³/mol. The van der Waals surface area contributed by atoms with E-state index in [4.69, 9.17) is 0 Å². The Morgan fingerprint density at radius 1 is 1.11 bits per heavy atom. The zero-order valence-electron chi connectivity index (χ0n) is 14.7. The van der Waals surface area contributed by atoms with Crippen LogP contribution in [0, 0.1) is 6.92 Å². The molecule has 27 heavy (non-hydrogen) atoms. The van der Waals surface area contributed by atoms with Gasteiger partial charge in [-0.1, -0.05) is 30.3 Å². The van der Waals surface area contributed by atoms with Gasteiger partial charge in [0.1, 0.15) is 5.37 Å². The van der Waals surface area contributed by atoms with Crippen LogP contribution in [-0.4, -0.2) is 17.6 Å². The number of carbonyl (C=O) groups excluding carboxylic acids is 2. The van der Waals surface area contributed by atoms with Crippen molar-refractivity contribution in [2.45, 2.75) is 12.3 Å². The van der Waals surface area contributed by atoms with Crippen LogP contribution in [0.1, 0.15) is 26.2 Å². The number of anilines is 2. The largest absolute Gasteiger partial charge is 0.321 e. The van der Waals surface area contributed by atoms with Gasteiger partial charge in [0.15, 0.2) is 0 Å². The lowest BCUT2D eigenvalue weighted by molar-refractivity contribution is -0.115. The van der Waals surface area contributed by atoms with E-state index >= 15 is 0 Å². The molecule has 0 radical (unpaired) electrons. The molecule has 1 aliphatic heterocycles. The molecule has 1 atom stereocenters. The fraction of sp³-hybridized carbons (Fsp3) is 0.143. The van der Waals surface area contributed by atoms with Crippen LogP contribution in [0.4, 0.5) is 11.4 Å². The fourth-order valence-electron chi connectivity index (χ4n) is 3.10. The molecule has 1 saturated heterocycles. The van der Waals surface area contributed by atoms with E-state index in [1.807, 2.05) is 71.8 Å². The number of thioether (sulfide) groups is 1. The van der Waals surface area contributed by atoms with E-state index in [-0.39, 0.29) is 17.2 Å². The van der Waals surface area contributed by atoms with E-state index in [1.165, 1.54) is 11.3 Å². The highest BCUT2D eigenvalue weighted by atomic mass is 32.2. The van der Waals surface area contributed by atoms with E-state index in [2.05, 4.69) is 5.32 Å². The van der Waals surface area contributed by atoms with Crippen LogP contribution in [0.15, 0.2) is 66.0 Å². The van der Waals surface area contributed by atoms with Crippen molar-refractivity contribution in [3.05, 3.63) is 82.0 Å². The molecule has 4 rings (SSSR count). The number of rotatable bonds is 4. The first-order valence-electron chi connectivity index (χ1n) is 8.57. The Hall–Kier alpha value is -2.57. The quantitative estimate of drug-likeness (QED) is 0.671. The maximum absolute atomic E-state index is 12.5. The molecule has 6 heteroatoms. The Bertz CT molecular complexity index is 985. The maximum Gasteiger partial charge on any atom is 0.265 e. The van der Waals surface area contributed by atoms with Crippen molar-refractivity contribution >= 4 is 46.3 Å². The first kappa shape index (κ1) is 17.8. The van der Waals surface area contributed by atoms with Crippen molar-refractivity contribution in [3.8, 4) is 0 Å². The van der Waals surface area contributed by atoms with Crippen LogP contribution in [-0.2, 0) is 4.79 Å². The number of amides is 2. The smallest absolute Gasteiger partial charge is 0.265 e. The molecule has 0 saturated carbocycles. The van der Waals surface area contributed by atoms with Gasteiger partial charge in [0.05, 0.1) is 10.6 Å². The van der Waals surface area contributed by atoms with E-state index < -0.39 is 0 Å². The second-order valence-corrected chi connectivity index (χ2v) is 8.34. The number of hydrogen-bond donors (Lipinski definition) is 1. The molecular weight excluding hydrogens is 376 g/mol. The van der Waals surface area contributed by atoms with Crippen molar-refractivity contribution in [3.63, 3.8) is 0 Å². The third-order valence-electron chi connectivity index (χ3n) is 4.32. The predicted octanol–water partition coefficient (Wildman–Crippen LogP) is 5.09. The second-order valence-electron chi connectivity index (χ2n) is 6.32. The van der Waals surface area contributed by atoms with Gasteiger partial charge >= 0.3 is 0 Å². The van der Waals surface area contributed by atoms with Gasteiger partial charge in [0.25, 0.3) is 5.91 Å². The van der Waals surface area contributed by atoms with Crippen LogP contribution in [0.2, 0.25) is 0 Å². The third-order valence-corrected chi connectivity index (χ3v) is 6.40. The van der Waals surface area contributed by atoms with Gasteiger partial charge in [-0.05, 0) is 53.8 Å². The summed E-state index contributed by atoms with van der Waals surface area (Å²) in [4.78, 5) is 27.4. The van der Waals surface area contributed by atoms with E-state index in [1.54, 1.807) is 17.8 Å². The molecule has 1 aromatic heterocycles. The van der Waals surface area contributed by atoms with Gasteiger partial charge in [-0.3, -0.25) is 14.5 Å². The van der Waals surface area contributed by atoms with Crippen molar-refractivity contribution in [2.24, 2.45) is 0 Å². The average Bonchev–Trinajstić information content (AvgIpc) is 3.32. The number of thiophene rings is 1. The van der Waals surface area contributed by atoms with Crippen LogP contribution in [0.3, 0.4) is 0 Å². The topological polar surface area (TPSA) is 49.4 Å². The lowest BCUT2D eigenvalue weighted by Gasteiger charge is -2.25. The Balaban J connectivity index is 1.60. The molecule has 3 aromatic rings. The maximum atomic E-state index is 12.5. The Morgan fingerprint density at radius 3 is 2.74 bits per heavy atom. The first-order valence-corrected chi connectivity index (χ1v) is 10.5. The summed E-state index contributed by atoms with van der Waals surface area (Å²) >= 11 is 3.01. The molecule has 2 amide bonds. The molecule has 1 aliphatic rings. The summed E-state index contributed by atoms with van der Waals surface area (Å²) in [5.41, 5.74) is 3.75. The van der Waals surface area contributed by atoms with Gasteiger partial charge in [0.2, 0.25) is 5.91 Å². The van der Waals surface area contributed by atoms with Crippen molar-refractivity contribution < 1.29 is 9.59 Å². The Kier molecular flexibility index (Phi) is 5.01. The van der Waals surface area contributed by atoms with Gasteiger partial charge in [-0.25, -0.2) is 0 Å². The van der Waals surface area contributed by atoms with E-state index in [0.29, 0.717) is 10.6 Å². The number of nitrogens with zero attached hydrogens (tertiary/aromatic N) is 1. The zero-order chi connectivity index (χ0) is 18.8. The minimum atomic E-state index is -0.118. The molecule has 1 N–H and O–H groups in total. The summed E-state index contributed by atoms with van der Waals surface area (Å²) < 4.78 is 0. The lowest BCUT2D eigenvalue weighted by Crippen LogP contribution is -2.27. The number of hydrogen-bond acceptors (Lipinski definition) is 4. The molecule has 0 unspecified atom stereocenters. The first-order chi connectivity index (χ1) is 13.1. The molecule has 4 nitrogen and oxygen atoms in total. The van der Waals surface area contributed by atoms with Gasteiger partial charge in [-0.2, -0.15) is 0 Å². The summed E-state index contributed by atoms with van der Waals surface area (Å²) in [6, 6.07) is 19.4. The zero-order valence-corrected chi connectivity index (χ0v) is 16.3. The van der Waals surface area contributed by atoms with Crippen LogP contribution >= 0.6 is 23.1 Å². The molecule has 0 spiro atoms. The summed E-state index contributed by atoms with van der Waals surface area (Å²) in [7, 11) is 0. The number of carbonyl (C=O) groups is 2. The Labute approximate surface area is 166 Å². The molecule has 2 aromatic carbocycles. The molecule has 2 heterocycles.